The second kappa shape index (κ2) is 6.68. The van der Waals surface area contributed by atoms with Gasteiger partial charge in [-0.25, -0.2) is 4.68 Å². The lowest BCUT2D eigenvalue weighted by atomic mass is 9.93. The molecular formula is C16H19ClN4O2. The predicted molar refractivity (Wildman–Crippen MR) is 86.8 cm³/mol. The first kappa shape index (κ1) is 16.0. The lowest BCUT2D eigenvalue weighted by Gasteiger charge is -2.25. The topological polar surface area (TPSA) is 80.0 Å². The summed E-state index contributed by atoms with van der Waals surface area (Å²) in [7, 11) is 0. The molecule has 0 aliphatic heterocycles. The van der Waals surface area contributed by atoms with E-state index in [4.69, 9.17) is 11.6 Å². The van der Waals surface area contributed by atoms with Gasteiger partial charge in [0.15, 0.2) is 5.69 Å². The van der Waals surface area contributed by atoms with Crippen LogP contribution < -0.4 is 5.32 Å². The largest absolute Gasteiger partial charge is 0.393 e. The van der Waals surface area contributed by atoms with E-state index < -0.39 is 0 Å². The van der Waals surface area contributed by atoms with Gasteiger partial charge in [-0.2, -0.15) is 0 Å². The summed E-state index contributed by atoms with van der Waals surface area (Å²) in [6.07, 6.45) is 2.77. The van der Waals surface area contributed by atoms with E-state index in [0.717, 1.165) is 31.4 Å². The summed E-state index contributed by atoms with van der Waals surface area (Å²) >= 11 is 6.00. The summed E-state index contributed by atoms with van der Waals surface area (Å²) in [5.41, 5.74) is 1.75. The fourth-order valence-corrected chi connectivity index (χ4v) is 3.05. The highest BCUT2D eigenvalue weighted by molar-refractivity contribution is 6.30. The van der Waals surface area contributed by atoms with Crippen molar-refractivity contribution in [2.24, 2.45) is 0 Å². The van der Waals surface area contributed by atoms with Gasteiger partial charge in [0.2, 0.25) is 0 Å². The number of amides is 1. The molecule has 0 spiro atoms. The molecule has 0 bridgehead atoms. The van der Waals surface area contributed by atoms with Gasteiger partial charge in [0, 0.05) is 11.1 Å². The van der Waals surface area contributed by atoms with Gasteiger partial charge >= 0.3 is 0 Å². The molecule has 1 aromatic carbocycles. The van der Waals surface area contributed by atoms with Gasteiger partial charge in [0.1, 0.15) is 0 Å². The molecule has 1 aromatic heterocycles. The maximum absolute atomic E-state index is 12.4. The standard InChI is InChI=1S/C16H19ClN4O2/c1-10-15(16(23)18-12-5-7-14(22)8-6-12)19-20-21(10)13-4-2-3-11(17)9-13/h2-4,9,12,14,22H,5-8H2,1H3,(H,18,23). The number of benzene rings is 1. The fraction of sp³-hybridized carbons (Fsp3) is 0.438. The Balaban J connectivity index is 1.75. The second-order valence-corrected chi connectivity index (χ2v) is 6.33. The van der Waals surface area contributed by atoms with Crippen LogP contribution in [0.1, 0.15) is 41.9 Å². The third-order valence-electron chi connectivity index (χ3n) is 4.19. The van der Waals surface area contributed by atoms with Crippen molar-refractivity contribution in [3.63, 3.8) is 0 Å². The van der Waals surface area contributed by atoms with Gasteiger partial charge in [0.05, 0.1) is 17.5 Å². The zero-order valence-electron chi connectivity index (χ0n) is 12.9. The summed E-state index contributed by atoms with van der Waals surface area (Å²) in [4.78, 5) is 12.4. The molecular weight excluding hydrogens is 316 g/mol. The Morgan fingerprint density at radius 1 is 1.35 bits per heavy atom. The lowest BCUT2D eigenvalue weighted by molar-refractivity contribution is 0.0862. The van der Waals surface area contributed by atoms with E-state index >= 15 is 0 Å². The molecule has 0 unspecified atom stereocenters. The molecule has 2 aromatic rings. The maximum atomic E-state index is 12.4. The third-order valence-corrected chi connectivity index (χ3v) is 4.43. The Hall–Kier alpha value is -1.92. The minimum atomic E-state index is -0.242. The first-order valence-corrected chi connectivity index (χ1v) is 8.09. The van der Waals surface area contributed by atoms with E-state index in [1.807, 2.05) is 12.1 Å². The number of aliphatic hydroxyl groups is 1. The molecule has 2 N–H and O–H groups in total. The summed E-state index contributed by atoms with van der Waals surface area (Å²) in [6.45, 7) is 1.81. The number of aromatic nitrogens is 3. The van der Waals surface area contributed by atoms with Crippen LogP contribution in [0.25, 0.3) is 5.69 Å². The molecule has 7 heteroatoms. The number of hydrogen-bond acceptors (Lipinski definition) is 4. The molecule has 0 saturated heterocycles. The smallest absolute Gasteiger partial charge is 0.273 e. The summed E-state index contributed by atoms with van der Waals surface area (Å²) in [5, 5.41) is 21.2. The molecule has 1 aliphatic rings. The van der Waals surface area contributed by atoms with Crippen LogP contribution in [0.15, 0.2) is 24.3 Å². The predicted octanol–water partition coefficient (Wildman–Crippen LogP) is 2.26. The van der Waals surface area contributed by atoms with E-state index in [0.29, 0.717) is 16.4 Å². The molecule has 23 heavy (non-hydrogen) atoms. The van der Waals surface area contributed by atoms with Crippen molar-refractivity contribution in [1.82, 2.24) is 20.3 Å². The fourth-order valence-electron chi connectivity index (χ4n) is 2.87. The van der Waals surface area contributed by atoms with Crippen molar-refractivity contribution in [2.45, 2.75) is 44.8 Å². The van der Waals surface area contributed by atoms with Gasteiger partial charge in [-0.1, -0.05) is 22.9 Å². The molecule has 1 saturated carbocycles. The Labute approximate surface area is 139 Å². The van der Waals surface area contributed by atoms with Crippen molar-refractivity contribution in [3.05, 3.63) is 40.7 Å². The van der Waals surface area contributed by atoms with Gasteiger partial charge < -0.3 is 10.4 Å². The van der Waals surface area contributed by atoms with Crippen LogP contribution >= 0.6 is 11.6 Å². The number of hydrogen-bond donors (Lipinski definition) is 2. The molecule has 1 heterocycles. The Bertz CT molecular complexity index is 708. The zero-order chi connectivity index (χ0) is 16.4. The number of carbonyl (C=O) groups is 1. The van der Waals surface area contributed by atoms with Gasteiger partial charge in [-0.05, 0) is 50.8 Å². The first-order chi connectivity index (χ1) is 11.0. The first-order valence-electron chi connectivity index (χ1n) is 7.72. The van der Waals surface area contributed by atoms with Crippen molar-refractivity contribution >= 4 is 17.5 Å². The van der Waals surface area contributed by atoms with Crippen LogP contribution in [-0.4, -0.2) is 38.2 Å². The maximum Gasteiger partial charge on any atom is 0.273 e. The monoisotopic (exact) mass is 334 g/mol. The van der Waals surface area contributed by atoms with E-state index in [1.54, 1.807) is 23.7 Å². The number of aliphatic hydroxyl groups excluding tert-OH is 1. The second-order valence-electron chi connectivity index (χ2n) is 5.89. The molecule has 3 rings (SSSR count). The highest BCUT2D eigenvalue weighted by Gasteiger charge is 2.24. The van der Waals surface area contributed by atoms with Crippen LogP contribution in [0, 0.1) is 6.92 Å². The Morgan fingerprint density at radius 3 is 2.78 bits per heavy atom. The highest BCUT2D eigenvalue weighted by atomic mass is 35.5. The third kappa shape index (κ3) is 3.54. The number of halogens is 1. The zero-order valence-corrected chi connectivity index (χ0v) is 13.6. The molecule has 0 radical (unpaired) electrons. The Morgan fingerprint density at radius 2 is 2.09 bits per heavy atom. The average Bonchev–Trinajstić information content (AvgIpc) is 2.91. The van der Waals surface area contributed by atoms with Crippen molar-refractivity contribution in [1.29, 1.82) is 0 Å². The molecule has 1 amide bonds. The minimum Gasteiger partial charge on any atom is -0.393 e. The molecule has 6 nitrogen and oxygen atoms in total. The Kier molecular flexibility index (Phi) is 4.63. The summed E-state index contributed by atoms with van der Waals surface area (Å²) < 4.78 is 1.60. The van der Waals surface area contributed by atoms with Gasteiger partial charge in [-0.15, -0.1) is 5.10 Å². The van der Waals surface area contributed by atoms with Gasteiger partial charge in [-0.3, -0.25) is 4.79 Å². The minimum absolute atomic E-state index is 0.0848. The summed E-state index contributed by atoms with van der Waals surface area (Å²) in [6, 6.07) is 7.32. The van der Waals surface area contributed by atoms with Crippen LogP contribution in [0.3, 0.4) is 0 Å². The quantitative estimate of drug-likeness (QED) is 0.902. The number of rotatable bonds is 3. The normalized spacial score (nSPS) is 21.2. The van der Waals surface area contributed by atoms with Gasteiger partial charge in [0.25, 0.3) is 5.91 Å². The SMILES string of the molecule is Cc1c(C(=O)NC2CCC(O)CC2)nnn1-c1cccc(Cl)c1. The van der Waals surface area contributed by atoms with Crippen molar-refractivity contribution in [3.8, 4) is 5.69 Å². The molecule has 0 atom stereocenters. The van der Waals surface area contributed by atoms with E-state index in [9.17, 15) is 9.90 Å². The van der Waals surface area contributed by atoms with Crippen LogP contribution in [0.2, 0.25) is 5.02 Å². The molecule has 122 valence electrons. The van der Waals surface area contributed by atoms with Crippen LogP contribution in [-0.2, 0) is 0 Å². The molecule has 1 aliphatic carbocycles. The van der Waals surface area contributed by atoms with Crippen molar-refractivity contribution < 1.29 is 9.90 Å². The van der Waals surface area contributed by atoms with E-state index in [1.165, 1.54) is 0 Å². The van der Waals surface area contributed by atoms with Crippen LogP contribution in [0.4, 0.5) is 0 Å². The van der Waals surface area contributed by atoms with E-state index in [-0.39, 0.29) is 18.1 Å². The van der Waals surface area contributed by atoms with Crippen molar-refractivity contribution in [2.75, 3.05) is 0 Å². The van der Waals surface area contributed by atoms with E-state index in [2.05, 4.69) is 15.6 Å². The number of nitrogens with one attached hydrogen (secondary N) is 1. The highest BCUT2D eigenvalue weighted by Crippen LogP contribution is 2.20. The molecule has 1 fully saturated rings. The average molecular weight is 335 g/mol. The van der Waals surface area contributed by atoms with Crippen LogP contribution in [0.5, 0.6) is 0 Å². The lowest BCUT2D eigenvalue weighted by Crippen LogP contribution is -2.39. The number of carbonyl (C=O) groups excluding carboxylic acids is 1. The number of nitrogens with zero attached hydrogens (tertiary/aromatic N) is 3. The summed E-state index contributed by atoms with van der Waals surface area (Å²) in [5.74, 6) is -0.225.